The molecule has 0 aliphatic heterocycles. The zero-order valence-corrected chi connectivity index (χ0v) is 20.5. The quantitative estimate of drug-likeness (QED) is 0.493. The summed E-state index contributed by atoms with van der Waals surface area (Å²) in [6.45, 7) is 5.33. The summed E-state index contributed by atoms with van der Waals surface area (Å²) >= 11 is 20.0. The van der Waals surface area contributed by atoms with Gasteiger partial charge >= 0.3 is 6.09 Å². The molecule has 0 atom stereocenters. The molecule has 0 bridgehead atoms. The number of nitrogens with one attached hydrogen (secondary N) is 1. The molecule has 12 heteroatoms. The zero-order valence-electron chi connectivity index (χ0n) is 17.4. The molecule has 0 saturated heterocycles. The molecule has 3 rings (SSSR count). The molecule has 0 spiro atoms. The number of benzene rings is 1. The van der Waals surface area contributed by atoms with Crippen LogP contribution >= 0.6 is 46.6 Å². The molecular formula is C19H20Cl3N5O3S. The van der Waals surface area contributed by atoms with Crippen LogP contribution in [0.2, 0.25) is 15.1 Å². The van der Waals surface area contributed by atoms with E-state index in [2.05, 4.69) is 15.1 Å². The van der Waals surface area contributed by atoms with E-state index in [0.717, 1.165) is 0 Å². The van der Waals surface area contributed by atoms with E-state index in [1.165, 1.54) is 33.5 Å². The highest BCUT2D eigenvalue weighted by Gasteiger charge is 2.23. The smallest absolute Gasteiger partial charge is 0.410 e. The van der Waals surface area contributed by atoms with Gasteiger partial charge in [0.2, 0.25) is 0 Å². The Bertz CT molecular complexity index is 1200. The van der Waals surface area contributed by atoms with E-state index in [9.17, 15) is 9.59 Å². The summed E-state index contributed by atoms with van der Waals surface area (Å²) in [7, 11) is 1.55. The predicted molar refractivity (Wildman–Crippen MR) is 124 cm³/mol. The standard InChI is InChI=1S/C19H20Cl3N5O3S/c1-19(2,3)30-18(29)26(4)8-12-23-15-13(16(28)24-12)17(31-5)25-27(15)14-10(21)6-9(20)7-11(14)22/h6-7H,8H2,1-5H3,(H,23,24,28). The zero-order chi connectivity index (χ0) is 23.1. The van der Waals surface area contributed by atoms with Crippen LogP contribution in [0.5, 0.6) is 0 Å². The Labute approximate surface area is 197 Å². The summed E-state index contributed by atoms with van der Waals surface area (Å²) < 4.78 is 6.76. The average Bonchev–Trinajstić information content (AvgIpc) is 2.98. The van der Waals surface area contributed by atoms with Crippen LogP contribution in [0.25, 0.3) is 16.7 Å². The maximum absolute atomic E-state index is 12.8. The van der Waals surface area contributed by atoms with Crippen LogP contribution in [0.3, 0.4) is 0 Å². The molecule has 0 unspecified atom stereocenters. The number of carbonyl (C=O) groups is 1. The van der Waals surface area contributed by atoms with Crippen molar-refractivity contribution in [3.63, 3.8) is 0 Å². The van der Waals surface area contributed by atoms with Crippen molar-refractivity contribution in [3.05, 3.63) is 43.4 Å². The van der Waals surface area contributed by atoms with Gasteiger partial charge in [-0.2, -0.15) is 5.10 Å². The molecule has 0 radical (unpaired) electrons. The van der Waals surface area contributed by atoms with Crippen LogP contribution in [0.1, 0.15) is 26.6 Å². The summed E-state index contributed by atoms with van der Waals surface area (Å²) in [5.74, 6) is 0.251. The number of carbonyl (C=O) groups excluding carboxylic acids is 1. The molecule has 2 heterocycles. The van der Waals surface area contributed by atoms with Gasteiger partial charge in [-0.1, -0.05) is 34.8 Å². The predicted octanol–water partition coefficient (Wildman–Crippen LogP) is 5.16. The largest absolute Gasteiger partial charge is 0.444 e. The third-order valence-corrected chi connectivity index (χ3v) is 5.50. The number of amides is 1. The number of nitrogens with zero attached hydrogens (tertiary/aromatic N) is 4. The molecule has 8 nitrogen and oxygen atoms in total. The van der Waals surface area contributed by atoms with Gasteiger partial charge in [0.15, 0.2) is 5.65 Å². The van der Waals surface area contributed by atoms with Crippen LogP contribution < -0.4 is 5.56 Å². The number of rotatable bonds is 4. The first-order valence-corrected chi connectivity index (χ1v) is 11.4. The number of aromatic amines is 1. The molecule has 3 aromatic rings. The lowest BCUT2D eigenvalue weighted by Crippen LogP contribution is -2.34. The fraction of sp³-hybridized carbons (Fsp3) is 0.368. The van der Waals surface area contributed by atoms with Crippen molar-refractivity contribution in [1.82, 2.24) is 24.6 Å². The van der Waals surface area contributed by atoms with Crippen molar-refractivity contribution in [2.75, 3.05) is 13.3 Å². The van der Waals surface area contributed by atoms with Crippen LogP contribution in [0.4, 0.5) is 4.79 Å². The minimum absolute atomic E-state index is 0.0158. The van der Waals surface area contributed by atoms with Gasteiger partial charge in [-0.15, -0.1) is 11.8 Å². The van der Waals surface area contributed by atoms with Gasteiger partial charge < -0.3 is 14.6 Å². The number of fused-ring (bicyclic) bond motifs is 1. The number of halogens is 3. The number of hydrogen-bond donors (Lipinski definition) is 1. The Morgan fingerprint density at radius 3 is 2.42 bits per heavy atom. The second kappa shape index (κ2) is 8.90. The van der Waals surface area contributed by atoms with Gasteiger partial charge in [-0.3, -0.25) is 4.79 Å². The molecule has 0 aliphatic carbocycles. The number of H-pyrrole nitrogens is 1. The van der Waals surface area contributed by atoms with Crippen LogP contribution in [-0.4, -0.2) is 49.6 Å². The lowest BCUT2D eigenvalue weighted by Gasteiger charge is -2.24. The highest BCUT2D eigenvalue weighted by Crippen LogP contribution is 2.34. The van der Waals surface area contributed by atoms with Crippen LogP contribution in [-0.2, 0) is 11.3 Å². The molecule has 0 fully saturated rings. The van der Waals surface area contributed by atoms with Gasteiger partial charge in [-0.05, 0) is 39.2 Å². The summed E-state index contributed by atoms with van der Waals surface area (Å²) in [4.78, 5) is 33.7. The van der Waals surface area contributed by atoms with Crippen molar-refractivity contribution < 1.29 is 9.53 Å². The molecule has 0 saturated carbocycles. The first-order chi connectivity index (χ1) is 14.4. The SMILES string of the molecule is CSc1nn(-c2c(Cl)cc(Cl)cc2Cl)c2nc(CN(C)C(=O)OC(C)(C)C)[nH]c(=O)c12. The Morgan fingerprint density at radius 2 is 1.87 bits per heavy atom. The molecule has 166 valence electrons. The van der Waals surface area contributed by atoms with Crippen molar-refractivity contribution in [3.8, 4) is 5.69 Å². The summed E-state index contributed by atoms with van der Waals surface area (Å²) in [6, 6.07) is 3.06. The Kier molecular flexibility index (Phi) is 6.81. The average molecular weight is 505 g/mol. The van der Waals surface area contributed by atoms with Crippen molar-refractivity contribution in [2.24, 2.45) is 0 Å². The van der Waals surface area contributed by atoms with Crippen molar-refractivity contribution in [1.29, 1.82) is 0 Å². The van der Waals surface area contributed by atoms with Gasteiger partial charge in [0.05, 0.1) is 16.6 Å². The lowest BCUT2D eigenvalue weighted by atomic mass is 10.2. The normalized spacial score (nSPS) is 11.7. The Balaban J connectivity index is 2.12. The minimum atomic E-state index is -0.649. The van der Waals surface area contributed by atoms with E-state index in [0.29, 0.717) is 21.1 Å². The molecule has 1 amide bonds. The van der Waals surface area contributed by atoms with Gasteiger partial charge in [0.1, 0.15) is 27.5 Å². The van der Waals surface area contributed by atoms with Gasteiger partial charge in [0, 0.05) is 12.1 Å². The first-order valence-electron chi connectivity index (χ1n) is 9.06. The van der Waals surface area contributed by atoms with E-state index < -0.39 is 17.3 Å². The second-order valence-corrected chi connectivity index (χ2v) is 9.73. The van der Waals surface area contributed by atoms with Crippen LogP contribution in [0.15, 0.2) is 22.0 Å². The monoisotopic (exact) mass is 503 g/mol. The van der Waals surface area contributed by atoms with Crippen LogP contribution in [0, 0.1) is 0 Å². The number of ether oxygens (including phenoxy) is 1. The molecule has 0 aliphatic rings. The second-order valence-electron chi connectivity index (χ2n) is 7.69. The molecule has 1 N–H and O–H groups in total. The van der Waals surface area contributed by atoms with Gasteiger partial charge in [0.25, 0.3) is 5.56 Å². The summed E-state index contributed by atoms with van der Waals surface area (Å²) in [5.41, 5.74) is -0.437. The molecular weight excluding hydrogens is 485 g/mol. The Hall–Kier alpha value is -1.94. The fourth-order valence-electron chi connectivity index (χ4n) is 2.78. The minimum Gasteiger partial charge on any atom is -0.444 e. The summed E-state index contributed by atoms with van der Waals surface area (Å²) in [5, 5.41) is 6.09. The topological polar surface area (TPSA) is 93.1 Å². The molecule has 2 aromatic heterocycles. The van der Waals surface area contributed by atoms with E-state index >= 15 is 0 Å². The number of aromatic nitrogens is 4. The van der Waals surface area contributed by atoms with E-state index in [4.69, 9.17) is 39.5 Å². The maximum atomic E-state index is 12.8. The number of hydrogen-bond acceptors (Lipinski definition) is 6. The highest BCUT2D eigenvalue weighted by molar-refractivity contribution is 7.98. The first kappa shape index (κ1) is 23.7. The lowest BCUT2D eigenvalue weighted by molar-refractivity contribution is 0.0281. The van der Waals surface area contributed by atoms with E-state index in [1.54, 1.807) is 34.1 Å². The van der Waals surface area contributed by atoms with Gasteiger partial charge in [-0.25, -0.2) is 14.5 Å². The Morgan fingerprint density at radius 1 is 1.26 bits per heavy atom. The number of thioether (sulfide) groups is 1. The fourth-order valence-corrected chi connectivity index (χ4v) is 4.31. The maximum Gasteiger partial charge on any atom is 0.410 e. The third kappa shape index (κ3) is 5.11. The highest BCUT2D eigenvalue weighted by atomic mass is 35.5. The molecule has 31 heavy (non-hydrogen) atoms. The summed E-state index contributed by atoms with van der Waals surface area (Å²) in [6.07, 6.45) is 1.25. The molecule has 1 aromatic carbocycles. The van der Waals surface area contributed by atoms with Crippen molar-refractivity contribution in [2.45, 2.75) is 37.9 Å². The van der Waals surface area contributed by atoms with Crippen molar-refractivity contribution >= 4 is 63.7 Å². The van der Waals surface area contributed by atoms with E-state index in [1.807, 2.05) is 0 Å². The van der Waals surface area contributed by atoms with E-state index in [-0.39, 0.29) is 28.1 Å². The third-order valence-electron chi connectivity index (χ3n) is 4.03.